The highest BCUT2D eigenvalue weighted by Crippen LogP contribution is 2.33. The number of aryl methyl sites for hydroxylation is 1. The van der Waals surface area contributed by atoms with E-state index in [4.69, 9.17) is 0 Å². The van der Waals surface area contributed by atoms with Crippen LogP contribution in [-0.2, 0) is 6.42 Å². The molecule has 0 fully saturated rings. The van der Waals surface area contributed by atoms with Crippen LogP contribution in [0.25, 0.3) is 5.57 Å². The van der Waals surface area contributed by atoms with Gasteiger partial charge in [-0.15, -0.1) is 23.7 Å². The Bertz CT molecular complexity index is 471. The van der Waals surface area contributed by atoms with Crippen molar-refractivity contribution >= 4 is 29.3 Å². The highest BCUT2D eigenvalue weighted by molar-refractivity contribution is 7.10. The minimum atomic E-state index is 0. The lowest BCUT2D eigenvalue weighted by molar-refractivity contribution is 1.00. The second-order valence-corrected chi connectivity index (χ2v) is 4.38. The molecule has 0 aliphatic heterocycles. The lowest BCUT2D eigenvalue weighted by Crippen LogP contribution is -1.96. The van der Waals surface area contributed by atoms with Gasteiger partial charge in [-0.2, -0.15) is 0 Å². The summed E-state index contributed by atoms with van der Waals surface area (Å²) >= 11 is 1.85. The quantitative estimate of drug-likeness (QED) is 0.812. The van der Waals surface area contributed by atoms with Crippen molar-refractivity contribution in [3.63, 3.8) is 0 Å². The Balaban J connectivity index is 0.000000853. The molecule has 0 atom stereocenters. The number of thiophene rings is 1. The maximum atomic E-state index is 4.06. The highest BCUT2D eigenvalue weighted by Gasteiger charge is 2.15. The van der Waals surface area contributed by atoms with Crippen molar-refractivity contribution in [2.24, 2.45) is 0 Å². The van der Waals surface area contributed by atoms with Gasteiger partial charge in [0, 0.05) is 10.5 Å². The largest absolute Gasteiger partial charge is 0.345 e. The summed E-state index contributed by atoms with van der Waals surface area (Å²) in [7, 11) is 0. The second-order valence-electron chi connectivity index (χ2n) is 3.38. The second kappa shape index (κ2) is 4.21. The maximum Gasteiger partial charge on any atom is 0.0924 e. The SMILES string of the molecule is C1=C(c2cnc[nH]2)c2ccsc2CC1.Cl. The molecule has 0 aromatic carbocycles. The molecule has 2 heterocycles. The standard InChI is InChI=1S/C11H10N2S.ClH/c1-2-8(10-6-12-7-13-10)9-4-5-14-11(9)3-1;/h2,4-7H,1,3H2,(H,12,13);1H. The number of nitrogens with one attached hydrogen (secondary N) is 1. The fourth-order valence-corrected chi connectivity index (χ4v) is 2.80. The van der Waals surface area contributed by atoms with Crippen LogP contribution < -0.4 is 0 Å². The third-order valence-corrected chi connectivity index (χ3v) is 3.52. The van der Waals surface area contributed by atoms with Gasteiger partial charge in [-0.1, -0.05) is 6.08 Å². The van der Waals surface area contributed by atoms with Gasteiger partial charge in [-0.05, 0) is 29.9 Å². The van der Waals surface area contributed by atoms with Crippen LogP contribution in [0.3, 0.4) is 0 Å². The Kier molecular flexibility index (Phi) is 2.93. The molecule has 0 saturated heterocycles. The van der Waals surface area contributed by atoms with Crippen LogP contribution in [0.1, 0.15) is 22.6 Å². The number of halogens is 1. The Hall–Kier alpha value is -1.06. The third-order valence-electron chi connectivity index (χ3n) is 2.54. The van der Waals surface area contributed by atoms with E-state index < -0.39 is 0 Å². The Morgan fingerprint density at radius 1 is 1.40 bits per heavy atom. The van der Waals surface area contributed by atoms with Crippen LogP contribution in [0, 0.1) is 0 Å². The summed E-state index contributed by atoms with van der Waals surface area (Å²) in [4.78, 5) is 8.72. The third kappa shape index (κ3) is 1.73. The lowest BCUT2D eigenvalue weighted by Gasteiger charge is -2.11. The lowest BCUT2D eigenvalue weighted by atomic mass is 9.96. The predicted molar refractivity (Wildman–Crippen MR) is 65.6 cm³/mol. The van der Waals surface area contributed by atoms with Gasteiger partial charge in [-0.25, -0.2) is 4.98 Å². The Morgan fingerprint density at radius 3 is 3.13 bits per heavy atom. The molecule has 0 amide bonds. The van der Waals surface area contributed by atoms with E-state index in [1.807, 2.05) is 17.5 Å². The van der Waals surface area contributed by atoms with Gasteiger partial charge in [0.05, 0.1) is 18.2 Å². The Morgan fingerprint density at radius 2 is 2.33 bits per heavy atom. The van der Waals surface area contributed by atoms with E-state index in [1.54, 1.807) is 6.33 Å². The molecule has 1 aliphatic rings. The van der Waals surface area contributed by atoms with E-state index in [0.717, 1.165) is 12.1 Å². The molecule has 0 unspecified atom stereocenters. The molecule has 2 aromatic heterocycles. The van der Waals surface area contributed by atoms with Crippen LogP contribution in [0.15, 0.2) is 30.0 Å². The van der Waals surface area contributed by atoms with Crippen molar-refractivity contribution in [1.29, 1.82) is 0 Å². The summed E-state index contributed by atoms with van der Waals surface area (Å²) < 4.78 is 0. The van der Waals surface area contributed by atoms with E-state index in [9.17, 15) is 0 Å². The number of nitrogens with zero attached hydrogens (tertiary/aromatic N) is 1. The zero-order valence-corrected chi connectivity index (χ0v) is 9.70. The van der Waals surface area contributed by atoms with Crippen molar-refractivity contribution in [2.75, 3.05) is 0 Å². The summed E-state index contributed by atoms with van der Waals surface area (Å²) in [6, 6.07) is 2.20. The number of fused-ring (bicyclic) bond motifs is 1. The smallest absolute Gasteiger partial charge is 0.0924 e. The highest BCUT2D eigenvalue weighted by atomic mass is 35.5. The van der Waals surface area contributed by atoms with Crippen LogP contribution in [-0.4, -0.2) is 9.97 Å². The maximum absolute atomic E-state index is 4.06. The molecule has 1 N–H and O–H groups in total. The zero-order chi connectivity index (χ0) is 9.38. The predicted octanol–water partition coefficient (Wildman–Crippen LogP) is 3.27. The van der Waals surface area contributed by atoms with Gasteiger partial charge in [0.25, 0.3) is 0 Å². The average molecular weight is 239 g/mol. The number of aromatic amines is 1. The number of imidazole rings is 1. The molecule has 0 spiro atoms. The monoisotopic (exact) mass is 238 g/mol. The normalized spacial score (nSPS) is 14.0. The fraction of sp³-hybridized carbons (Fsp3) is 0.182. The fourth-order valence-electron chi connectivity index (χ4n) is 1.89. The van der Waals surface area contributed by atoms with Gasteiger partial charge >= 0.3 is 0 Å². The minimum Gasteiger partial charge on any atom is -0.345 e. The zero-order valence-electron chi connectivity index (χ0n) is 8.06. The molecular weight excluding hydrogens is 228 g/mol. The summed E-state index contributed by atoms with van der Waals surface area (Å²) in [5.74, 6) is 0. The number of H-pyrrole nitrogens is 1. The molecule has 78 valence electrons. The topological polar surface area (TPSA) is 28.7 Å². The first-order chi connectivity index (χ1) is 6.95. The molecule has 2 nitrogen and oxygen atoms in total. The van der Waals surface area contributed by atoms with Crippen molar-refractivity contribution < 1.29 is 0 Å². The van der Waals surface area contributed by atoms with Crippen molar-refractivity contribution in [3.05, 3.63) is 46.2 Å². The van der Waals surface area contributed by atoms with Crippen LogP contribution >= 0.6 is 23.7 Å². The van der Waals surface area contributed by atoms with Crippen LogP contribution in [0.2, 0.25) is 0 Å². The summed E-state index contributed by atoms with van der Waals surface area (Å²) in [6.07, 6.45) is 8.24. The summed E-state index contributed by atoms with van der Waals surface area (Å²) in [5.41, 5.74) is 3.82. The van der Waals surface area contributed by atoms with Crippen molar-refractivity contribution in [3.8, 4) is 0 Å². The van der Waals surface area contributed by atoms with Crippen molar-refractivity contribution in [2.45, 2.75) is 12.8 Å². The number of hydrogen-bond donors (Lipinski definition) is 1. The molecule has 2 aromatic rings. The van der Waals surface area contributed by atoms with E-state index in [2.05, 4.69) is 27.5 Å². The van der Waals surface area contributed by atoms with E-state index in [0.29, 0.717) is 0 Å². The van der Waals surface area contributed by atoms with Gasteiger partial charge in [-0.3, -0.25) is 0 Å². The minimum absolute atomic E-state index is 0. The van der Waals surface area contributed by atoms with Gasteiger partial charge in [0.15, 0.2) is 0 Å². The first-order valence-electron chi connectivity index (χ1n) is 4.71. The molecule has 3 rings (SSSR count). The number of aromatic nitrogens is 2. The molecule has 0 bridgehead atoms. The first-order valence-corrected chi connectivity index (χ1v) is 5.59. The summed E-state index contributed by atoms with van der Waals surface area (Å²) in [5, 5.41) is 2.17. The van der Waals surface area contributed by atoms with Gasteiger partial charge in [0.2, 0.25) is 0 Å². The number of rotatable bonds is 1. The van der Waals surface area contributed by atoms with Gasteiger partial charge in [0.1, 0.15) is 0 Å². The number of allylic oxidation sites excluding steroid dienone is 1. The van der Waals surface area contributed by atoms with Crippen LogP contribution in [0.5, 0.6) is 0 Å². The van der Waals surface area contributed by atoms with Crippen molar-refractivity contribution in [1.82, 2.24) is 9.97 Å². The molecule has 0 saturated carbocycles. The molecule has 1 aliphatic carbocycles. The Labute approximate surface area is 98.5 Å². The number of hydrogen-bond acceptors (Lipinski definition) is 2. The molecule has 0 radical (unpaired) electrons. The summed E-state index contributed by atoms with van der Waals surface area (Å²) in [6.45, 7) is 0. The first kappa shape index (κ1) is 10.5. The molecular formula is C11H11ClN2S. The molecule has 15 heavy (non-hydrogen) atoms. The molecule has 4 heteroatoms. The van der Waals surface area contributed by atoms with E-state index in [1.165, 1.54) is 22.4 Å². The van der Waals surface area contributed by atoms with E-state index in [-0.39, 0.29) is 12.4 Å². The average Bonchev–Trinajstić information content (AvgIpc) is 2.88. The van der Waals surface area contributed by atoms with Gasteiger partial charge < -0.3 is 4.98 Å². The van der Waals surface area contributed by atoms with E-state index >= 15 is 0 Å². The van der Waals surface area contributed by atoms with Crippen LogP contribution in [0.4, 0.5) is 0 Å².